The Labute approximate surface area is 126 Å². The van der Waals surface area contributed by atoms with Crippen molar-refractivity contribution in [1.29, 1.82) is 0 Å². The molecule has 0 aliphatic rings. The van der Waals surface area contributed by atoms with Gasteiger partial charge in [0.25, 0.3) is 0 Å². The molecule has 0 bridgehead atoms. The van der Waals surface area contributed by atoms with Crippen LogP contribution in [-0.4, -0.2) is 29.9 Å². The van der Waals surface area contributed by atoms with Gasteiger partial charge in [-0.2, -0.15) is 0 Å². The Bertz CT molecular complexity index is 703. The Hall–Kier alpha value is -2.15. The molecule has 0 saturated heterocycles. The molecule has 0 unspecified atom stereocenters. The van der Waals surface area contributed by atoms with Crippen molar-refractivity contribution in [1.82, 2.24) is 29.9 Å². The van der Waals surface area contributed by atoms with Crippen LogP contribution in [0.1, 0.15) is 30.5 Å². The molecule has 0 fully saturated rings. The number of nitrogens with zero attached hydrogens (tertiary/aromatic N) is 6. The van der Waals surface area contributed by atoms with Crippen molar-refractivity contribution >= 4 is 11.3 Å². The lowest BCUT2D eigenvalue weighted by atomic mass is 10.2. The normalized spacial score (nSPS) is 11.2. The lowest BCUT2D eigenvalue weighted by Crippen LogP contribution is -2.02. The molecule has 3 rings (SSSR count). The average Bonchev–Trinajstić information content (AvgIpc) is 3.15. The van der Waals surface area contributed by atoms with Crippen LogP contribution < -0.4 is 0 Å². The van der Waals surface area contributed by atoms with Crippen LogP contribution in [-0.2, 0) is 13.0 Å². The van der Waals surface area contributed by atoms with Gasteiger partial charge in [0, 0.05) is 42.2 Å². The predicted molar refractivity (Wildman–Crippen MR) is 81.0 cm³/mol. The highest BCUT2D eigenvalue weighted by atomic mass is 32.1. The SMILES string of the molecule is CC(C)c1nc(CCn2cc(-c3cncnc3)nn2)cs1. The Balaban J connectivity index is 1.65. The lowest BCUT2D eigenvalue weighted by molar-refractivity contribution is 0.584. The molecule has 0 saturated carbocycles. The smallest absolute Gasteiger partial charge is 0.116 e. The number of aromatic nitrogens is 6. The molecule has 6 nitrogen and oxygen atoms in total. The average molecular weight is 300 g/mol. The van der Waals surface area contributed by atoms with E-state index in [1.54, 1.807) is 23.7 Å². The molecule has 7 heteroatoms. The summed E-state index contributed by atoms with van der Waals surface area (Å²) in [5, 5.41) is 11.6. The Morgan fingerprint density at radius 1 is 1.24 bits per heavy atom. The van der Waals surface area contributed by atoms with Gasteiger partial charge >= 0.3 is 0 Å². The van der Waals surface area contributed by atoms with E-state index < -0.39 is 0 Å². The van der Waals surface area contributed by atoms with Crippen LogP contribution in [0.15, 0.2) is 30.3 Å². The molecule has 0 spiro atoms. The molecule has 0 N–H and O–H groups in total. The monoisotopic (exact) mass is 300 g/mol. The van der Waals surface area contributed by atoms with E-state index in [2.05, 4.69) is 44.5 Å². The third-order valence-corrected chi connectivity index (χ3v) is 4.25. The van der Waals surface area contributed by atoms with E-state index in [0.717, 1.165) is 29.9 Å². The first-order valence-electron chi connectivity index (χ1n) is 6.82. The fraction of sp³-hybridized carbons (Fsp3) is 0.357. The van der Waals surface area contributed by atoms with Crippen LogP contribution in [0.2, 0.25) is 0 Å². The number of hydrogen-bond acceptors (Lipinski definition) is 6. The molecular formula is C14H16N6S. The summed E-state index contributed by atoms with van der Waals surface area (Å²) in [4.78, 5) is 12.6. The van der Waals surface area contributed by atoms with Crippen molar-refractivity contribution in [2.45, 2.75) is 32.7 Å². The van der Waals surface area contributed by atoms with Crippen LogP contribution in [0.5, 0.6) is 0 Å². The number of hydrogen-bond donors (Lipinski definition) is 0. The summed E-state index contributed by atoms with van der Waals surface area (Å²) in [5.74, 6) is 0.486. The Morgan fingerprint density at radius 2 is 2.05 bits per heavy atom. The second-order valence-corrected chi connectivity index (χ2v) is 5.97. The molecule has 0 aromatic carbocycles. The lowest BCUT2D eigenvalue weighted by Gasteiger charge is -1.98. The van der Waals surface area contributed by atoms with Gasteiger partial charge in [-0.15, -0.1) is 16.4 Å². The second kappa shape index (κ2) is 6.09. The van der Waals surface area contributed by atoms with Gasteiger partial charge in [-0.05, 0) is 0 Å². The summed E-state index contributed by atoms with van der Waals surface area (Å²) in [7, 11) is 0. The molecule has 0 aliphatic carbocycles. The van der Waals surface area contributed by atoms with E-state index >= 15 is 0 Å². The molecule has 0 amide bonds. The zero-order valence-corrected chi connectivity index (χ0v) is 12.8. The predicted octanol–water partition coefficient (Wildman–Crippen LogP) is 2.56. The van der Waals surface area contributed by atoms with Gasteiger partial charge in [0.05, 0.1) is 16.9 Å². The van der Waals surface area contributed by atoms with Crippen molar-refractivity contribution in [3.8, 4) is 11.3 Å². The standard InChI is InChI=1S/C14H16N6S/c1-10(2)14-17-12(8-21-14)3-4-20-7-13(18-19-20)11-5-15-9-16-6-11/h5-10H,3-4H2,1-2H3. The largest absolute Gasteiger partial charge is 0.252 e. The molecule has 0 atom stereocenters. The summed E-state index contributed by atoms with van der Waals surface area (Å²) in [6, 6.07) is 0. The maximum Gasteiger partial charge on any atom is 0.116 e. The van der Waals surface area contributed by atoms with E-state index in [-0.39, 0.29) is 0 Å². The van der Waals surface area contributed by atoms with Crippen molar-refractivity contribution < 1.29 is 0 Å². The molecule has 3 aromatic heterocycles. The van der Waals surface area contributed by atoms with Gasteiger partial charge in [-0.1, -0.05) is 19.1 Å². The first-order chi connectivity index (χ1) is 10.2. The number of thiazole rings is 1. The van der Waals surface area contributed by atoms with Crippen LogP contribution in [0, 0.1) is 0 Å². The quantitative estimate of drug-likeness (QED) is 0.724. The van der Waals surface area contributed by atoms with Gasteiger partial charge in [0.15, 0.2) is 0 Å². The summed E-state index contributed by atoms with van der Waals surface area (Å²) in [6.07, 6.45) is 7.74. The summed E-state index contributed by atoms with van der Waals surface area (Å²) in [5.41, 5.74) is 2.78. The zero-order chi connectivity index (χ0) is 14.7. The van der Waals surface area contributed by atoms with Gasteiger partial charge in [-0.3, -0.25) is 4.68 Å². The second-order valence-electron chi connectivity index (χ2n) is 5.08. The van der Waals surface area contributed by atoms with Crippen molar-refractivity contribution in [3.63, 3.8) is 0 Å². The minimum Gasteiger partial charge on any atom is -0.252 e. The summed E-state index contributed by atoms with van der Waals surface area (Å²) < 4.78 is 1.83. The minimum absolute atomic E-state index is 0.486. The first-order valence-corrected chi connectivity index (χ1v) is 7.70. The number of rotatable bonds is 5. The number of aryl methyl sites for hydroxylation is 2. The van der Waals surface area contributed by atoms with E-state index in [9.17, 15) is 0 Å². The van der Waals surface area contributed by atoms with Gasteiger partial charge < -0.3 is 0 Å². The molecular weight excluding hydrogens is 284 g/mol. The maximum atomic E-state index is 4.63. The third kappa shape index (κ3) is 3.30. The Kier molecular flexibility index (Phi) is 4.01. The van der Waals surface area contributed by atoms with Gasteiger partial charge in [0.1, 0.15) is 12.0 Å². The minimum atomic E-state index is 0.486. The molecule has 3 heterocycles. The van der Waals surface area contributed by atoms with Gasteiger partial charge in [0.2, 0.25) is 0 Å². The van der Waals surface area contributed by atoms with Gasteiger partial charge in [-0.25, -0.2) is 15.0 Å². The maximum absolute atomic E-state index is 4.63. The molecule has 108 valence electrons. The highest BCUT2D eigenvalue weighted by Crippen LogP contribution is 2.19. The van der Waals surface area contributed by atoms with Crippen LogP contribution in [0.4, 0.5) is 0 Å². The summed E-state index contributed by atoms with van der Waals surface area (Å²) in [6.45, 7) is 5.09. The molecule has 0 radical (unpaired) electrons. The van der Waals surface area contributed by atoms with E-state index in [1.165, 1.54) is 11.3 Å². The Morgan fingerprint density at radius 3 is 2.76 bits per heavy atom. The fourth-order valence-electron chi connectivity index (χ4n) is 1.90. The van der Waals surface area contributed by atoms with E-state index in [1.807, 2.05) is 10.9 Å². The zero-order valence-electron chi connectivity index (χ0n) is 12.0. The van der Waals surface area contributed by atoms with Crippen molar-refractivity contribution in [3.05, 3.63) is 41.0 Å². The van der Waals surface area contributed by atoms with Crippen LogP contribution >= 0.6 is 11.3 Å². The first kappa shape index (κ1) is 13.8. The van der Waals surface area contributed by atoms with Crippen molar-refractivity contribution in [2.75, 3.05) is 0 Å². The summed E-state index contributed by atoms with van der Waals surface area (Å²) >= 11 is 1.72. The van der Waals surface area contributed by atoms with Crippen LogP contribution in [0.25, 0.3) is 11.3 Å². The van der Waals surface area contributed by atoms with E-state index in [4.69, 9.17) is 0 Å². The highest BCUT2D eigenvalue weighted by molar-refractivity contribution is 7.09. The van der Waals surface area contributed by atoms with E-state index in [0.29, 0.717) is 5.92 Å². The molecule has 0 aliphatic heterocycles. The molecule has 21 heavy (non-hydrogen) atoms. The molecule has 3 aromatic rings. The van der Waals surface area contributed by atoms with Crippen molar-refractivity contribution in [2.24, 2.45) is 0 Å². The topological polar surface area (TPSA) is 69.4 Å². The fourth-order valence-corrected chi connectivity index (χ4v) is 2.77. The highest BCUT2D eigenvalue weighted by Gasteiger charge is 2.07. The third-order valence-electron chi connectivity index (χ3n) is 3.06. The van der Waals surface area contributed by atoms with Crippen LogP contribution in [0.3, 0.4) is 0 Å².